The molecular weight excluding hydrogens is 360 g/mol. The third-order valence-electron chi connectivity index (χ3n) is 3.97. The number of halogens is 1. The molecule has 0 atom stereocenters. The molecule has 1 aromatic carbocycles. The highest BCUT2D eigenvalue weighted by molar-refractivity contribution is 6.28. The van der Waals surface area contributed by atoms with Crippen LogP contribution in [0.1, 0.15) is 57.1 Å². The second-order valence-corrected chi connectivity index (χ2v) is 9.14. The number of aromatic nitrogens is 2. The van der Waals surface area contributed by atoms with Gasteiger partial charge in [0.1, 0.15) is 11.5 Å². The van der Waals surface area contributed by atoms with Crippen molar-refractivity contribution in [1.82, 2.24) is 14.9 Å². The second kappa shape index (κ2) is 8.26. The van der Waals surface area contributed by atoms with Crippen molar-refractivity contribution >= 4 is 23.3 Å². The van der Waals surface area contributed by atoms with Gasteiger partial charge in [-0.1, -0.05) is 51.1 Å². The molecule has 0 aliphatic heterocycles. The van der Waals surface area contributed by atoms with Gasteiger partial charge in [-0.2, -0.15) is 0 Å². The van der Waals surface area contributed by atoms with E-state index in [-0.39, 0.29) is 27.8 Å². The number of amides is 1. The summed E-state index contributed by atoms with van der Waals surface area (Å²) in [6, 6.07) is 11.5. The molecule has 0 saturated carbocycles. The summed E-state index contributed by atoms with van der Waals surface area (Å²) in [5.74, 6) is 0.362. The van der Waals surface area contributed by atoms with Crippen LogP contribution < -0.4 is 5.32 Å². The van der Waals surface area contributed by atoms with E-state index in [0.717, 1.165) is 12.0 Å². The van der Waals surface area contributed by atoms with Gasteiger partial charge in [0.05, 0.1) is 0 Å². The summed E-state index contributed by atoms with van der Waals surface area (Å²) in [6.07, 6.45) is 0.929. The normalized spacial score (nSPS) is 12.0. The van der Waals surface area contributed by atoms with Crippen molar-refractivity contribution < 1.29 is 4.79 Å². The van der Waals surface area contributed by atoms with Gasteiger partial charge in [-0.15, -0.1) is 0 Å². The van der Waals surface area contributed by atoms with Crippen molar-refractivity contribution in [3.8, 4) is 0 Å². The minimum absolute atomic E-state index is 0.0584. The van der Waals surface area contributed by atoms with Gasteiger partial charge < -0.3 is 10.2 Å². The molecule has 27 heavy (non-hydrogen) atoms. The van der Waals surface area contributed by atoms with E-state index < -0.39 is 0 Å². The van der Waals surface area contributed by atoms with Crippen molar-refractivity contribution in [2.75, 3.05) is 12.4 Å². The van der Waals surface area contributed by atoms with E-state index in [9.17, 15) is 4.79 Å². The van der Waals surface area contributed by atoms with Gasteiger partial charge in [0, 0.05) is 25.2 Å². The molecule has 1 heterocycles. The summed E-state index contributed by atoms with van der Waals surface area (Å²) in [4.78, 5) is 22.8. The number of carbonyl (C=O) groups is 1. The van der Waals surface area contributed by atoms with Crippen LogP contribution in [-0.2, 0) is 6.54 Å². The van der Waals surface area contributed by atoms with Gasteiger partial charge in [0.2, 0.25) is 5.28 Å². The quantitative estimate of drug-likeness (QED) is 0.705. The Hall–Kier alpha value is -2.14. The lowest BCUT2D eigenvalue weighted by molar-refractivity contribution is 0.0779. The van der Waals surface area contributed by atoms with Gasteiger partial charge in [-0.25, -0.2) is 9.97 Å². The zero-order valence-corrected chi connectivity index (χ0v) is 17.8. The summed E-state index contributed by atoms with van der Waals surface area (Å²) in [5.41, 5.74) is 1.29. The summed E-state index contributed by atoms with van der Waals surface area (Å²) in [5, 5.41) is 3.45. The van der Waals surface area contributed by atoms with Gasteiger partial charge in [-0.05, 0) is 42.8 Å². The Kier molecular flexibility index (Phi) is 6.47. The van der Waals surface area contributed by atoms with Crippen LogP contribution in [0.2, 0.25) is 5.28 Å². The molecule has 0 radical (unpaired) electrons. The standard InChI is InChI=1S/C21H29ClN4O/c1-20(2,3)14-21(4,5)25-17-12-16(23-19(22)24-17)18(27)26(6)13-15-10-8-7-9-11-15/h7-12H,13-14H2,1-6H3,(H,23,24,25). The summed E-state index contributed by atoms with van der Waals surface area (Å²) in [6.45, 7) is 11.3. The molecule has 2 aromatic rings. The Morgan fingerprint density at radius 2 is 1.74 bits per heavy atom. The predicted molar refractivity (Wildman–Crippen MR) is 111 cm³/mol. The molecule has 0 fully saturated rings. The van der Waals surface area contributed by atoms with E-state index in [0.29, 0.717) is 12.4 Å². The maximum absolute atomic E-state index is 12.8. The largest absolute Gasteiger partial charge is 0.365 e. The molecule has 1 aromatic heterocycles. The number of carbonyl (C=O) groups excluding carboxylic acids is 1. The van der Waals surface area contributed by atoms with E-state index in [1.807, 2.05) is 30.3 Å². The number of nitrogens with one attached hydrogen (secondary N) is 1. The van der Waals surface area contributed by atoms with E-state index in [4.69, 9.17) is 11.6 Å². The molecule has 6 heteroatoms. The molecule has 0 saturated heterocycles. The third-order valence-corrected chi connectivity index (χ3v) is 4.14. The Morgan fingerprint density at radius 1 is 1.11 bits per heavy atom. The zero-order chi connectivity index (χ0) is 20.2. The average molecular weight is 389 g/mol. The van der Waals surface area contributed by atoms with Gasteiger partial charge in [0.15, 0.2) is 0 Å². The lowest BCUT2D eigenvalue weighted by Crippen LogP contribution is -2.36. The fourth-order valence-corrected chi connectivity index (χ4v) is 3.61. The molecule has 5 nitrogen and oxygen atoms in total. The maximum atomic E-state index is 12.8. The first-order valence-electron chi connectivity index (χ1n) is 9.07. The summed E-state index contributed by atoms with van der Waals surface area (Å²) in [7, 11) is 1.75. The zero-order valence-electron chi connectivity index (χ0n) is 17.0. The topological polar surface area (TPSA) is 58.1 Å². The summed E-state index contributed by atoms with van der Waals surface area (Å²) >= 11 is 6.09. The average Bonchev–Trinajstić information content (AvgIpc) is 2.51. The number of hydrogen-bond donors (Lipinski definition) is 1. The van der Waals surface area contributed by atoms with Crippen molar-refractivity contribution in [3.05, 3.63) is 52.9 Å². The van der Waals surface area contributed by atoms with Crippen LogP contribution in [0.15, 0.2) is 36.4 Å². The number of rotatable bonds is 6. The van der Waals surface area contributed by atoms with E-state index in [1.165, 1.54) is 0 Å². The Balaban J connectivity index is 2.17. The van der Waals surface area contributed by atoms with Crippen LogP contribution in [0.4, 0.5) is 5.82 Å². The van der Waals surface area contributed by atoms with Crippen LogP contribution in [-0.4, -0.2) is 33.4 Å². The number of benzene rings is 1. The molecule has 1 amide bonds. The number of nitrogens with zero attached hydrogens (tertiary/aromatic N) is 3. The predicted octanol–water partition coefficient (Wildman–Crippen LogP) is 5.03. The fourth-order valence-electron chi connectivity index (χ4n) is 3.43. The molecule has 146 valence electrons. The first kappa shape index (κ1) is 21.2. The Labute approximate surface area is 167 Å². The van der Waals surface area contributed by atoms with Crippen LogP contribution in [0.25, 0.3) is 0 Å². The lowest BCUT2D eigenvalue weighted by Gasteiger charge is -2.33. The third kappa shape index (κ3) is 6.83. The molecule has 2 rings (SSSR count). The van der Waals surface area contributed by atoms with Crippen LogP contribution in [0.5, 0.6) is 0 Å². The number of anilines is 1. The minimum Gasteiger partial charge on any atom is -0.365 e. The van der Waals surface area contributed by atoms with Gasteiger partial charge in [0.25, 0.3) is 5.91 Å². The monoisotopic (exact) mass is 388 g/mol. The first-order valence-corrected chi connectivity index (χ1v) is 9.45. The molecule has 0 aliphatic rings. The molecule has 0 bridgehead atoms. The van der Waals surface area contributed by atoms with Gasteiger partial charge in [-0.3, -0.25) is 4.79 Å². The fraction of sp³-hybridized carbons (Fsp3) is 0.476. The highest BCUT2D eigenvalue weighted by atomic mass is 35.5. The molecule has 0 spiro atoms. The van der Waals surface area contributed by atoms with Crippen molar-refractivity contribution in [2.24, 2.45) is 5.41 Å². The van der Waals surface area contributed by atoms with Crippen LogP contribution in [0, 0.1) is 5.41 Å². The molecule has 0 aliphatic carbocycles. The van der Waals surface area contributed by atoms with E-state index >= 15 is 0 Å². The van der Waals surface area contributed by atoms with E-state index in [1.54, 1.807) is 18.0 Å². The van der Waals surface area contributed by atoms with Gasteiger partial charge >= 0.3 is 0 Å². The highest BCUT2D eigenvalue weighted by Gasteiger charge is 2.26. The second-order valence-electron chi connectivity index (χ2n) is 8.80. The number of hydrogen-bond acceptors (Lipinski definition) is 4. The Bertz CT molecular complexity index is 785. The molecule has 1 N–H and O–H groups in total. The molecular formula is C21H29ClN4O. The lowest BCUT2D eigenvalue weighted by atomic mass is 9.82. The maximum Gasteiger partial charge on any atom is 0.272 e. The van der Waals surface area contributed by atoms with Crippen molar-refractivity contribution in [3.63, 3.8) is 0 Å². The highest BCUT2D eigenvalue weighted by Crippen LogP contribution is 2.29. The van der Waals surface area contributed by atoms with E-state index in [2.05, 4.69) is 49.9 Å². The smallest absolute Gasteiger partial charge is 0.272 e. The SMILES string of the molecule is CN(Cc1ccccc1)C(=O)c1cc(NC(C)(C)CC(C)(C)C)nc(Cl)n1. The minimum atomic E-state index is -0.202. The van der Waals surface area contributed by atoms with Crippen LogP contribution in [0.3, 0.4) is 0 Å². The van der Waals surface area contributed by atoms with Crippen molar-refractivity contribution in [2.45, 2.75) is 53.1 Å². The first-order chi connectivity index (χ1) is 12.5. The van der Waals surface area contributed by atoms with Crippen LogP contribution >= 0.6 is 11.6 Å². The molecule has 0 unspecified atom stereocenters. The summed E-state index contributed by atoms with van der Waals surface area (Å²) < 4.78 is 0. The Morgan fingerprint density at radius 3 is 2.33 bits per heavy atom. The van der Waals surface area contributed by atoms with Crippen molar-refractivity contribution in [1.29, 1.82) is 0 Å².